The first-order chi connectivity index (χ1) is 16.3. The van der Waals surface area contributed by atoms with Crippen molar-refractivity contribution < 1.29 is 8.91 Å². The fraction of sp³-hybridized carbons (Fsp3) is 0.640. The number of nitrogens with zero attached hydrogens (tertiary/aromatic N) is 5. The first-order valence-electron chi connectivity index (χ1n) is 12.5. The summed E-state index contributed by atoms with van der Waals surface area (Å²) >= 11 is 5.74. The molecule has 3 aliphatic rings. The van der Waals surface area contributed by atoms with Crippen LogP contribution in [0.15, 0.2) is 22.7 Å². The van der Waals surface area contributed by atoms with Gasteiger partial charge in [-0.05, 0) is 63.9 Å². The van der Waals surface area contributed by atoms with Crippen molar-refractivity contribution in [2.24, 2.45) is 0 Å². The molecule has 34 heavy (non-hydrogen) atoms. The van der Waals surface area contributed by atoms with Gasteiger partial charge in [0.05, 0.1) is 5.69 Å². The molecule has 3 fully saturated rings. The van der Waals surface area contributed by atoms with Crippen molar-refractivity contribution in [3.63, 3.8) is 0 Å². The summed E-state index contributed by atoms with van der Waals surface area (Å²) in [5.74, 6) is 1.79. The Bertz CT molecular complexity index is 1020. The van der Waals surface area contributed by atoms with Gasteiger partial charge in [0.25, 0.3) is 0 Å². The Labute approximate surface area is 206 Å². The quantitative estimate of drug-likeness (QED) is 0.626. The van der Waals surface area contributed by atoms with Crippen molar-refractivity contribution in [3.05, 3.63) is 35.7 Å². The highest BCUT2D eigenvalue weighted by Gasteiger charge is 2.39. The van der Waals surface area contributed by atoms with E-state index in [4.69, 9.17) is 21.7 Å². The lowest BCUT2D eigenvalue weighted by atomic mass is 9.80. The minimum absolute atomic E-state index is 0.123. The zero-order chi connectivity index (χ0) is 23.9. The molecule has 3 heterocycles. The monoisotopic (exact) mass is 486 g/mol. The molecule has 1 aromatic carbocycles. The molecule has 1 aromatic heterocycles. The number of para-hydroxylation sites is 1. The van der Waals surface area contributed by atoms with Gasteiger partial charge in [0.1, 0.15) is 11.5 Å². The lowest BCUT2D eigenvalue weighted by Gasteiger charge is -2.40. The van der Waals surface area contributed by atoms with Crippen LogP contribution in [0.2, 0.25) is 0 Å². The molecule has 0 atom stereocenters. The average molecular weight is 487 g/mol. The van der Waals surface area contributed by atoms with Crippen LogP contribution in [-0.4, -0.2) is 70.4 Å². The van der Waals surface area contributed by atoms with Crippen LogP contribution >= 0.6 is 12.2 Å². The molecule has 0 radical (unpaired) electrons. The Morgan fingerprint density at radius 2 is 1.85 bits per heavy atom. The predicted molar refractivity (Wildman–Crippen MR) is 136 cm³/mol. The second-order valence-corrected chi connectivity index (χ2v) is 10.8. The normalized spacial score (nSPS) is 21.2. The number of piperazine rings is 1. The summed E-state index contributed by atoms with van der Waals surface area (Å²) in [6.07, 6.45) is 4.05. The Morgan fingerprint density at radius 1 is 1.15 bits per heavy atom. The summed E-state index contributed by atoms with van der Waals surface area (Å²) in [7, 11) is 0. The minimum atomic E-state index is -0.271. The standard InChI is InChI=1S/C25H35FN6OS/c1-17(2)30-13-15-31(16-14-30)20-6-4-5-19(26)21(20)27-24(34)32-11-9-25(3,10-12-32)23-28-22(33-29-23)18-7-8-18/h4-6,17-18H,7-16H2,1-3H3,(H,27,34). The van der Waals surface area contributed by atoms with Gasteiger partial charge in [0.2, 0.25) is 5.89 Å². The summed E-state index contributed by atoms with van der Waals surface area (Å²) < 4.78 is 20.5. The van der Waals surface area contributed by atoms with Crippen LogP contribution in [0, 0.1) is 5.82 Å². The van der Waals surface area contributed by atoms with Gasteiger partial charge in [0.15, 0.2) is 10.9 Å². The minimum Gasteiger partial charge on any atom is -0.367 e. The number of hydrogen-bond acceptors (Lipinski definition) is 6. The van der Waals surface area contributed by atoms with Gasteiger partial charge in [-0.15, -0.1) is 0 Å². The molecule has 1 aliphatic carbocycles. The van der Waals surface area contributed by atoms with E-state index in [1.807, 2.05) is 6.07 Å². The number of likely N-dealkylation sites (tertiary alicyclic amines) is 1. The van der Waals surface area contributed by atoms with Crippen molar-refractivity contribution in [2.45, 2.75) is 63.8 Å². The van der Waals surface area contributed by atoms with Crippen molar-refractivity contribution in [3.8, 4) is 0 Å². The van der Waals surface area contributed by atoms with E-state index >= 15 is 0 Å². The van der Waals surface area contributed by atoms with Crippen LogP contribution in [0.25, 0.3) is 0 Å². The van der Waals surface area contributed by atoms with Gasteiger partial charge in [-0.2, -0.15) is 4.98 Å². The van der Waals surface area contributed by atoms with Gasteiger partial charge in [-0.25, -0.2) is 4.39 Å². The largest absolute Gasteiger partial charge is 0.367 e. The molecule has 5 rings (SSSR count). The van der Waals surface area contributed by atoms with E-state index in [2.05, 4.69) is 45.9 Å². The van der Waals surface area contributed by atoms with E-state index in [1.54, 1.807) is 6.07 Å². The third-order valence-electron chi connectivity index (χ3n) is 7.67. The Balaban J connectivity index is 1.23. The van der Waals surface area contributed by atoms with Crippen LogP contribution in [0.3, 0.4) is 0 Å². The topological polar surface area (TPSA) is 60.7 Å². The van der Waals surface area contributed by atoms with Gasteiger partial charge in [-0.3, -0.25) is 4.90 Å². The zero-order valence-electron chi connectivity index (χ0n) is 20.4. The lowest BCUT2D eigenvalue weighted by Crippen LogP contribution is -2.49. The van der Waals surface area contributed by atoms with Crippen molar-refractivity contribution >= 4 is 28.7 Å². The predicted octanol–water partition coefficient (Wildman–Crippen LogP) is 4.37. The zero-order valence-corrected chi connectivity index (χ0v) is 21.2. The Hall–Kier alpha value is -2.26. The second-order valence-electron chi connectivity index (χ2n) is 10.5. The SMILES string of the molecule is CC(C)N1CCN(c2cccc(F)c2NC(=S)N2CCC(C)(c3noc(C4CC4)n3)CC2)CC1. The van der Waals surface area contributed by atoms with Gasteiger partial charge >= 0.3 is 0 Å². The van der Waals surface area contributed by atoms with E-state index in [1.165, 1.54) is 6.07 Å². The van der Waals surface area contributed by atoms with Crippen LogP contribution in [0.5, 0.6) is 0 Å². The van der Waals surface area contributed by atoms with Crippen molar-refractivity contribution in [1.82, 2.24) is 19.9 Å². The average Bonchev–Trinajstić information content (AvgIpc) is 3.56. The molecule has 0 spiro atoms. The smallest absolute Gasteiger partial charge is 0.229 e. The molecular weight excluding hydrogens is 451 g/mol. The van der Waals surface area contributed by atoms with Crippen LogP contribution in [0.1, 0.15) is 64.1 Å². The maximum absolute atomic E-state index is 14.9. The molecule has 7 nitrogen and oxygen atoms in total. The molecule has 0 bridgehead atoms. The van der Waals surface area contributed by atoms with E-state index < -0.39 is 0 Å². The summed E-state index contributed by atoms with van der Waals surface area (Å²) in [5.41, 5.74) is 1.24. The number of halogens is 1. The van der Waals surface area contributed by atoms with Gasteiger partial charge in [-0.1, -0.05) is 18.1 Å². The molecular formula is C25H35FN6OS. The Morgan fingerprint density at radius 3 is 2.50 bits per heavy atom. The summed E-state index contributed by atoms with van der Waals surface area (Å²) in [5, 5.41) is 8.11. The summed E-state index contributed by atoms with van der Waals surface area (Å²) in [4.78, 5) is 11.5. The van der Waals surface area contributed by atoms with Crippen molar-refractivity contribution in [2.75, 3.05) is 49.5 Å². The van der Waals surface area contributed by atoms with E-state index in [-0.39, 0.29) is 11.2 Å². The number of thiocarbonyl (C=S) groups is 1. The summed E-state index contributed by atoms with van der Waals surface area (Å²) in [6.45, 7) is 11.9. The first kappa shape index (κ1) is 23.5. The van der Waals surface area contributed by atoms with E-state index in [0.29, 0.717) is 22.8 Å². The highest BCUT2D eigenvalue weighted by atomic mass is 32.1. The molecule has 9 heteroatoms. The third kappa shape index (κ3) is 4.77. The number of rotatable bonds is 5. The van der Waals surface area contributed by atoms with Gasteiger partial charge < -0.3 is 19.6 Å². The fourth-order valence-electron chi connectivity index (χ4n) is 4.97. The van der Waals surface area contributed by atoms with Crippen LogP contribution in [-0.2, 0) is 5.41 Å². The lowest BCUT2D eigenvalue weighted by molar-refractivity contribution is 0.209. The number of nitrogens with one attached hydrogen (secondary N) is 1. The van der Waals surface area contributed by atoms with Gasteiger partial charge in [0, 0.05) is 56.6 Å². The molecule has 1 saturated carbocycles. The molecule has 0 unspecified atom stereocenters. The first-order valence-corrected chi connectivity index (χ1v) is 12.9. The highest BCUT2D eigenvalue weighted by molar-refractivity contribution is 7.80. The molecule has 184 valence electrons. The van der Waals surface area contributed by atoms with Crippen LogP contribution < -0.4 is 10.2 Å². The number of aromatic nitrogens is 2. The molecule has 0 amide bonds. The highest BCUT2D eigenvalue weighted by Crippen LogP contribution is 2.41. The number of benzene rings is 1. The van der Waals surface area contributed by atoms with E-state index in [9.17, 15) is 4.39 Å². The van der Waals surface area contributed by atoms with Crippen molar-refractivity contribution in [1.29, 1.82) is 0 Å². The maximum Gasteiger partial charge on any atom is 0.229 e. The fourth-order valence-corrected chi connectivity index (χ4v) is 5.25. The number of hydrogen-bond donors (Lipinski definition) is 1. The number of piperidine rings is 1. The molecule has 1 N–H and O–H groups in total. The maximum atomic E-state index is 14.9. The van der Waals surface area contributed by atoms with Crippen LogP contribution in [0.4, 0.5) is 15.8 Å². The third-order valence-corrected chi connectivity index (χ3v) is 8.03. The molecule has 2 saturated heterocycles. The summed E-state index contributed by atoms with van der Waals surface area (Å²) in [6, 6.07) is 5.79. The number of anilines is 2. The molecule has 2 aliphatic heterocycles. The second kappa shape index (κ2) is 9.41. The molecule has 2 aromatic rings. The van der Waals surface area contributed by atoms with E-state index in [0.717, 1.165) is 82.4 Å². The Kier molecular flexibility index (Phi) is 6.50.